The van der Waals surface area contributed by atoms with Crippen LogP contribution in [0.15, 0.2) is 41.8 Å². The normalized spacial score (nSPS) is 20.0. The predicted molar refractivity (Wildman–Crippen MR) is 125 cm³/mol. The number of ether oxygens (including phenoxy) is 1. The maximum Gasteiger partial charge on any atom is 0.243 e. The molecule has 0 spiro atoms. The number of sulfonamides is 1. The molecule has 1 aliphatic carbocycles. The van der Waals surface area contributed by atoms with Crippen LogP contribution in [-0.4, -0.2) is 63.6 Å². The Morgan fingerprint density at radius 1 is 1.07 bits per heavy atom. The minimum absolute atomic E-state index is 0.0260. The number of rotatable bonds is 13. The molecule has 1 aromatic carbocycles. The summed E-state index contributed by atoms with van der Waals surface area (Å²) in [5.74, 6) is 0. The molecule has 0 saturated heterocycles. The van der Waals surface area contributed by atoms with E-state index in [1.807, 2.05) is 6.08 Å². The van der Waals surface area contributed by atoms with Gasteiger partial charge < -0.3 is 9.64 Å². The van der Waals surface area contributed by atoms with Crippen LogP contribution in [0.1, 0.15) is 51.4 Å². The second-order valence-electron chi connectivity index (χ2n) is 8.24. The molecule has 0 aliphatic heterocycles. The van der Waals surface area contributed by atoms with E-state index < -0.39 is 10.0 Å². The summed E-state index contributed by atoms with van der Waals surface area (Å²) in [6.07, 6.45) is 10.4. The Bertz CT molecular complexity index is 731. The van der Waals surface area contributed by atoms with E-state index in [-0.39, 0.29) is 12.1 Å². The highest BCUT2D eigenvalue weighted by atomic mass is 35.5. The Morgan fingerprint density at radius 3 is 2.33 bits per heavy atom. The topological polar surface area (TPSA) is 49.9 Å². The fourth-order valence-corrected chi connectivity index (χ4v) is 5.49. The number of hydrogen-bond donors (Lipinski definition) is 0. The van der Waals surface area contributed by atoms with Gasteiger partial charge in [-0.3, -0.25) is 0 Å². The Balaban J connectivity index is 1.64. The summed E-state index contributed by atoms with van der Waals surface area (Å²) in [4.78, 5) is 2.58. The zero-order chi connectivity index (χ0) is 22.0. The van der Waals surface area contributed by atoms with Gasteiger partial charge in [-0.1, -0.05) is 30.5 Å². The lowest BCUT2D eigenvalue weighted by molar-refractivity contribution is 0.0156. The van der Waals surface area contributed by atoms with Gasteiger partial charge in [0.1, 0.15) is 0 Å². The summed E-state index contributed by atoms with van der Waals surface area (Å²) in [6, 6.07) is 6.40. The molecule has 0 unspecified atom stereocenters. The van der Waals surface area contributed by atoms with Gasteiger partial charge in [-0.15, -0.1) is 6.58 Å². The molecule has 0 aromatic heterocycles. The smallest absolute Gasteiger partial charge is 0.243 e. The molecule has 0 amide bonds. The molecule has 30 heavy (non-hydrogen) atoms. The molecule has 1 fully saturated rings. The van der Waals surface area contributed by atoms with E-state index in [9.17, 15) is 8.42 Å². The molecule has 170 valence electrons. The average Bonchev–Trinajstić information content (AvgIpc) is 2.73. The number of hydrogen-bond acceptors (Lipinski definition) is 4. The summed E-state index contributed by atoms with van der Waals surface area (Å²) < 4.78 is 33.3. The molecule has 7 heteroatoms. The van der Waals surface area contributed by atoms with Gasteiger partial charge in [-0.2, -0.15) is 4.31 Å². The molecule has 1 aliphatic rings. The first-order chi connectivity index (χ1) is 14.3. The maximum absolute atomic E-state index is 12.8. The van der Waals surface area contributed by atoms with Crippen molar-refractivity contribution in [2.45, 2.75) is 68.4 Å². The third-order valence-electron chi connectivity index (χ3n) is 5.88. The molecule has 5 nitrogen and oxygen atoms in total. The van der Waals surface area contributed by atoms with Crippen molar-refractivity contribution < 1.29 is 13.2 Å². The van der Waals surface area contributed by atoms with Gasteiger partial charge >= 0.3 is 0 Å². The summed E-state index contributed by atoms with van der Waals surface area (Å²) in [5.41, 5.74) is 0. The van der Waals surface area contributed by atoms with Crippen molar-refractivity contribution in [3.8, 4) is 0 Å². The zero-order valence-corrected chi connectivity index (χ0v) is 20.0. The molecule has 1 saturated carbocycles. The Morgan fingerprint density at radius 2 is 1.70 bits per heavy atom. The summed E-state index contributed by atoms with van der Waals surface area (Å²) in [7, 11) is 0.319. The average molecular weight is 457 g/mol. The second-order valence-corrected chi connectivity index (χ2v) is 10.7. The van der Waals surface area contributed by atoms with E-state index in [1.54, 1.807) is 31.3 Å². The van der Waals surface area contributed by atoms with Crippen molar-refractivity contribution in [2.24, 2.45) is 0 Å². The molecule has 0 N–H and O–H groups in total. The van der Waals surface area contributed by atoms with Crippen LogP contribution in [-0.2, 0) is 14.8 Å². The first-order valence-electron chi connectivity index (χ1n) is 11.0. The largest absolute Gasteiger partial charge is 0.378 e. The van der Waals surface area contributed by atoms with Gasteiger partial charge in [0.15, 0.2) is 0 Å². The highest BCUT2D eigenvalue weighted by Crippen LogP contribution is 2.28. The van der Waals surface area contributed by atoms with Crippen molar-refractivity contribution in [2.75, 3.05) is 33.8 Å². The van der Waals surface area contributed by atoms with E-state index in [2.05, 4.69) is 18.5 Å². The number of halogens is 1. The van der Waals surface area contributed by atoms with Crippen LogP contribution in [0.3, 0.4) is 0 Å². The van der Waals surface area contributed by atoms with Crippen LogP contribution in [0, 0.1) is 0 Å². The molecular formula is C23H37ClN2O3S. The fraction of sp³-hybridized carbons (Fsp3) is 0.652. The monoisotopic (exact) mass is 456 g/mol. The predicted octanol–water partition coefficient (Wildman–Crippen LogP) is 4.97. The molecule has 0 bridgehead atoms. The SMILES string of the molecule is C=CCN(C)CCCCCCOC1CCC(N(C)S(=O)(=O)c2ccc(Cl)cc2)CC1. The van der Waals surface area contributed by atoms with Gasteiger partial charge in [0.25, 0.3) is 0 Å². The van der Waals surface area contributed by atoms with Gasteiger partial charge in [0, 0.05) is 31.3 Å². The summed E-state index contributed by atoms with van der Waals surface area (Å²) in [6.45, 7) is 6.62. The number of unbranched alkanes of at least 4 members (excludes halogenated alkanes) is 3. The second kappa shape index (κ2) is 12.8. The number of likely N-dealkylation sites (N-methyl/N-ethyl adjacent to an activating group) is 1. The number of nitrogens with zero attached hydrogens (tertiary/aromatic N) is 2. The fourth-order valence-electron chi connectivity index (χ4n) is 3.94. The number of benzene rings is 1. The molecule has 0 heterocycles. The van der Waals surface area contributed by atoms with Crippen LogP contribution in [0.5, 0.6) is 0 Å². The lowest BCUT2D eigenvalue weighted by Crippen LogP contribution is -2.40. The molecule has 0 atom stereocenters. The lowest BCUT2D eigenvalue weighted by Gasteiger charge is -2.34. The highest BCUT2D eigenvalue weighted by Gasteiger charge is 2.31. The van der Waals surface area contributed by atoms with Gasteiger partial charge in [-0.25, -0.2) is 8.42 Å². The molecule has 0 radical (unpaired) electrons. The minimum atomic E-state index is -3.49. The lowest BCUT2D eigenvalue weighted by atomic mass is 9.93. The van der Waals surface area contributed by atoms with E-state index in [4.69, 9.17) is 16.3 Å². The van der Waals surface area contributed by atoms with Gasteiger partial charge in [-0.05, 0) is 76.4 Å². The Hall–Kier alpha value is -0.920. The van der Waals surface area contributed by atoms with Crippen LogP contribution in [0.2, 0.25) is 5.02 Å². The quantitative estimate of drug-likeness (QED) is 0.310. The van der Waals surface area contributed by atoms with Crippen molar-refractivity contribution in [1.82, 2.24) is 9.21 Å². The first kappa shape index (κ1) is 25.3. The zero-order valence-electron chi connectivity index (χ0n) is 18.4. The first-order valence-corrected chi connectivity index (χ1v) is 12.8. The van der Waals surface area contributed by atoms with Gasteiger partial charge in [0.05, 0.1) is 11.0 Å². The third-order valence-corrected chi connectivity index (χ3v) is 8.05. The Kier molecular flexibility index (Phi) is 10.8. The van der Waals surface area contributed by atoms with Crippen LogP contribution in [0.25, 0.3) is 0 Å². The van der Waals surface area contributed by atoms with Crippen LogP contribution in [0.4, 0.5) is 0 Å². The molecule has 1 aromatic rings. The summed E-state index contributed by atoms with van der Waals surface area (Å²) >= 11 is 5.88. The minimum Gasteiger partial charge on any atom is -0.378 e. The van der Waals surface area contributed by atoms with E-state index in [0.717, 1.165) is 51.8 Å². The highest BCUT2D eigenvalue weighted by molar-refractivity contribution is 7.89. The third kappa shape index (κ3) is 7.97. The van der Waals surface area contributed by atoms with E-state index >= 15 is 0 Å². The van der Waals surface area contributed by atoms with Crippen molar-refractivity contribution in [3.05, 3.63) is 41.9 Å². The Labute approximate surface area is 188 Å². The molecule has 2 rings (SSSR count). The van der Waals surface area contributed by atoms with E-state index in [0.29, 0.717) is 9.92 Å². The van der Waals surface area contributed by atoms with Crippen LogP contribution >= 0.6 is 11.6 Å². The van der Waals surface area contributed by atoms with Crippen molar-refractivity contribution in [3.63, 3.8) is 0 Å². The van der Waals surface area contributed by atoms with Gasteiger partial charge in [0.2, 0.25) is 10.0 Å². The summed E-state index contributed by atoms with van der Waals surface area (Å²) in [5, 5.41) is 0.536. The van der Waals surface area contributed by atoms with Crippen molar-refractivity contribution in [1.29, 1.82) is 0 Å². The van der Waals surface area contributed by atoms with E-state index in [1.165, 1.54) is 23.6 Å². The van der Waals surface area contributed by atoms with Crippen molar-refractivity contribution >= 4 is 21.6 Å². The van der Waals surface area contributed by atoms with Crippen LogP contribution < -0.4 is 0 Å². The standard InChI is InChI=1S/C23H37ClN2O3S/c1-4-17-25(2)18-7-5-6-8-19-29-22-13-11-21(12-14-22)26(3)30(27,28)23-15-9-20(24)10-16-23/h4,9-10,15-16,21-22H,1,5-8,11-14,17-19H2,2-3H3. The maximum atomic E-state index is 12.8. The molecular weight excluding hydrogens is 420 g/mol.